The van der Waals surface area contributed by atoms with Gasteiger partial charge in [0.2, 0.25) is 5.91 Å². The molecule has 4 nitrogen and oxygen atoms in total. The topological polar surface area (TPSA) is 46.6 Å². The Morgan fingerprint density at radius 1 is 1.45 bits per heavy atom. The summed E-state index contributed by atoms with van der Waals surface area (Å²) in [5.74, 6) is 0.193. The molecule has 0 unspecified atom stereocenters. The number of esters is 1. The summed E-state index contributed by atoms with van der Waals surface area (Å²) in [5.41, 5.74) is 1.23. The predicted molar refractivity (Wildman–Crippen MR) is 76.4 cm³/mol. The van der Waals surface area contributed by atoms with Crippen molar-refractivity contribution >= 4 is 23.2 Å². The lowest BCUT2D eigenvalue weighted by Crippen LogP contribution is -2.40. The van der Waals surface area contributed by atoms with Gasteiger partial charge in [-0.05, 0) is 47.1 Å². The molecule has 1 amide bonds. The summed E-state index contributed by atoms with van der Waals surface area (Å²) in [4.78, 5) is 25.7. The Bertz CT molecular complexity index is 503. The summed E-state index contributed by atoms with van der Waals surface area (Å²) in [7, 11) is 1.45. The molecule has 20 heavy (non-hydrogen) atoms. The second-order valence-corrected chi connectivity index (χ2v) is 6.61. The Balaban J connectivity index is 1.52. The largest absolute Gasteiger partial charge is 0.469 e. The van der Waals surface area contributed by atoms with Gasteiger partial charge in [0.15, 0.2) is 0 Å². The van der Waals surface area contributed by atoms with E-state index in [9.17, 15) is 9.59 Å². The fourth-order valence-corrected chi connectivity index (χ4v) is 3.93. The van der Waals surface area contributed by atoms with Crippen molar-refractivity contribution in [2.24, 2.45) is 11.3 Å². The van der Waals surface area contributed by atoms with E-state index < -0.39 is 0 Å². The van der Waals surface area contributed by atoms with E-state index in [0.29, 0.717) is 6.42 Å². The second kappa shape index (κ2) is 5.20. The van der Waals surface area contributed by atoms with Crippen LogP contribution in [0.5, 0.6) is 0 Å². The molecule has 1 aromatic rings. The maximum absolute atomic E-state index is 12.2. The van der Waals surface area contributed by atoms with E-state index in [4.69, 9.17) is 4.74 Å². The van der Waals surface area contributed by atoms with Crippen LogP contribution in [0.15, 0.2) is 16.8 Å². The Labute approximate surface area is 122 Å². The molecule has 1 aromatic heterocycles. The van der Waals surface area contributed by atoms with Gasteiger partial charge in [-0.15, -0.1) is 0 Å². The SMILES string of the molecule is COC(=O)[C@@H]1CC12CCN(C(=O)Cc1ccsc1)CC2. The molecule has 5 heteroatoms. The Morgan fingerprint density at radius 3 is 2.80 bits per heavy atom. The van der Waals surface area contributed by atoms with Gasteiger partial charge in [-0.1, -0.05) is 0 Å². The summed E-state index contributed by atoms with van der Waals surface area (Å²) >= 11 is 1.62. The van der Waals surface area contributed by atoms with Crippen LogP contribution in [-0.4, -0.2) is 37.0 Å². The Hall–Kier alpha value is -1.36. The molecule has 0 N–H and O–H groups in total. The first-order valence-corrected chi connectivity index (χ1v) is 7.95. The molecule has 1 saturated carbocycles. The number of hydrogen-bond donors (Lipinski definition) is 0. The lowest BCUT2D eigenvalue weighted by molar-refractivity contribution is -0.143. The standard InChI is InChI=1S/C15H19NO3S/c1-19-14(18)12-9-15(12)3-5-16(6-4-15)13(17)8-11-2-7-20-10-11/h2,7,10,12H,3-6,8-9H2,1H3/t12-/m0/s1. The normalized spacial score (nSPS) is 23.6. The second-order valence-electron chi connectivity index (χ2n) is 5.83. The van der Waals surface area contributed by atoms with Crippen LogP contribution in [-0.2, 0) is 20.7 Å². The van der Waals surface area contributed by atoms with Gasteiger partial charge < -0.3 is 9.64 Å². The number of nitrogens with zero attached hydrogens (tertiary/aromatic N) is 1. The quantitative estimate of drug-likeness (QED) is 0.802. The molecule has 1 aliphatic heterocycles. The van der Waals surface area contributed by atoms with Gasteiger partial charge >= 0.3 is 5.97 Å². The number of hydrogen-bond acceptors (Lipinski definition) is 4. The summed E-state index contributed by atoms with van der Waals surface area (Å²) in [6.45, 7) is 1.55. The molecular weight excluding hydrogens is 274 g/mol. The molecule has 3 rings (SSSR count). The number of piperidine rings is 1. The zero-order chi connectivity index (χ0) is 14.2. The lowest BCUT2D eigenvalue weighted by atomic mass is 9.90. The number of likely N-dealkylation sites (tertiary alicyclic amines) is 1. The van der Waals surface area contributed by atoms with E-state index in [2.05, 4.69) is 0 Å². The highest BCUT2D eigenvalue weighted by atomic mass is 32.1. The van der Waals surface area contributed by atoms with Crippen LogP contribution in [0, 0.1) is 11.3 Å². The molecule has 2 heterocycles. The first-order chi connectivity index (χ1) is 9.64. The van der Waals surface area contributed by atoms with Crippen LogP contribution in [0.2, 0.25) is 0 Å². The zero-order valence-corrected chi connectivity index (χ0v) is 12.4. The van der Waals surface area contributed by atoms with Crippen molar-refractivity contribution in [3.05, 3.63) is 22.4 Å². The number of rotatable bonds is 3. The smallest absolute Gasteiger partial charge is 0.309 e. The number of carbonyl (C=O) groups is 2. The molecule has 0 bridgehead atoms. The monoisotopic (exact) mass is 293 g/mol. The molecule has 0 radical (unpaired) electrons. The van der Waals surface area contributed by atoms with Gasteiger partial charge in [0.05, 0.1) is 19.4 Å². The molecule has 1 saturated heterocycles. The maximum Gasteiger partial charge on any atom is 0.309 e. The number of ether oxygens (including phenoxy) is 1. The highest BCUT2D eigenvalue weighted by molar-refractivity contribution is 7.07. The van der Waals surface area contributed by atoms with Crippen LogP contribution < -0.4 is 0 Å². The number of thiophene rings is 1. The molecule has 2 fully saturated rings. The minimum absolute atomic E-state index is 0.0709. The van der Waals surface area contributed by atoms with Crippen LogP contribution >= 0.6 is 11.3 Å². The van der Waals surface area contributed by atoms with Crippen LogP contribution in [0.4, 0.5) is 0 Å². The Kier molecular flexibility index (Phi) is 3.54. The molecule has 1 aliphatic carbocycles. The lowest BCUT2D eigenvalue weighted by Gasteiger charge is -2.32. The molecule has 0 aromatic carbocycles. The summed E-state index contributed by atoms with van der Waals surface area (Å²) in [5, 5.41) is 4.02. The van der Waals surface area contributed by atoms with Crippen molar-refractivity contribution in [1.82, 2.24) is 4.90 Å². The molecule has 108 valence electrons. The minimum atomic E-state index is -0.0805. The van der Waals surface area contributed by atoms with Crippen molar-refractivity contribution in [3.8, 4) is 0 Å². The van der Waals surface area contributed by atoms with Gasteiger partial charge in [0, 0.05) is 13.1 Å². The van der Waals surface area contributed by atoms with Gasteiger partial charge in [-0.2, -0.15) is 11.3 Å². The maximum atomic E-state index is 12.2. The summed E-state index contributed by atoms with van der Waals surface area (Å²) in [6, 6.07) is 2.00. The van der Waals surface area contributed by atoms with E-state index in [1.807, 2.05) is 21.7 Å². The molecule has 1 atom stereocenters. The van der Waals surface area contributed by atoms with E-state index in [1.165, 1.54) is 7.11 Å². The zero-order valence-electron chi connectivity index (χ0n) is 11.6. The van der Waals surface area contributed by atoms with E-state index in [0.717, 1.165) is 37.9 Å². The van der Waals surface area contributed by atoms with Crippen molar-refractivity contribution in [2.75, 3.05) is 20.2 Å². The van der Waals surface area contributed by atoms with Gasteiger partial charge in [-0.3, -0.25) is 9.59 Å². The van der Waals surface area contributed by atoms with E-state index in [1.54, 1.807) is 11.3 Å². The molecular formula is C15H19NO3S. The van der Waals surface area contributed by atoms with E-state index >= 15 is 0 Å². The molecule has 1 spiro atoms. The minimum Gasteiger partial charge on any atom is -0.469 e. The first-order valence-electron chi connectivity index (χ1n) is 7.01. The van der Waals surface area contributed by atoms with Crippen molar-refractivity contribution in [3.63, 3.8) is 0 Å². The van der Waals surface area contributed by atoms with Gasteiger partial charge in [-0.25, -0.2) is 0 Å². The van der Waals surface area contributed by atoms with Crippen molar-refractivity contribution < 1.29 is 14.3 Å². The fraction of sp³-hybridized carbons (Fsp3) is 0.600. The van der Waals surface area contributed by atoms with Crippen LogP contribution in [0.1, 0.15) is 24.8 Å². The molecule has 2 aliphatic rings. The summed E-state index contributed by atoms with van der Waals surface area (Å²) < 4.78 is 4.83. The number of methoxy groups -OCH3 is 1. The number of carbonyl (C=O) groups excluding carboxylic acids is 2. The Morgan fingerprint density at radius 2 is 2.20 bits per heavy atom. The van der Waals surface area contributed by atoms with Gasteiger partial charge in [0.1, 0.15) is 0 Å². The van der Waals surface area contributed by atoms with Gasteiger partial charge in [0.25, 0.3) is 0 Å². The summed E-state index contributed by atoms with van der Waals surface area (Å²) in [6.07, 6.45) is 3.30. The average Bonchev–Trinajstić information content (AvgIpc) is 2.91. The third-order valence-corrected chi connectivity index (χ3v) is 5.45. The third-order valence-electron chi connectivity index (χ3n) is 4.72. The van der Waals surface area contributed by atoms with Crippen molar-refractivity contribution in [1.29, 1.82) is 0 Å². The highest BCUT2D eigenvalue weighted by Crippen LogP contribution is 2.59. The highest BCUT2D eigenvalue weighted by Gasteiger charge is 2.59. The predicted octanol–water partition coefficient (Wildman–Crippen LogP) is 2.09. The number of amides is 1. The average molecular weight is 293 g/mol. The van der Waals surface area contributed by atoms with Crippen LogP contribution in [0.3, 0.4) is 0 Å². The third kappa shape index (κ3) is 2.46. The fourth-order valence-electron chi connectivity index (χ4n) is 3.26. The van der Waals surface area contributed by atoms with Crippen molar-refractivity contribution in [2.45, 2.75) is 25.7 Å². The first kappa shape index (κ1) is 13.6. The van der Waals surface area contributed by atoms with E-state index in [-0.39, 0.29) is 23.2 Å². The van der Waals surface area contributed by atoms with Crippen LogP contribution in [0.25, 0.3) is 0 Å².